The van der Waals surface area contributed by atoms with Crippen LogP contribution in [0.25, 0.3) is 0 Å². The van der Waals surface area contributed by atoms with Crippen LogP contribution < -0.4 is 4.72 Å². The first kappa shape index (κ1) is 21.7. The molecule has 3 rings (SSSR count). The van der Waals surface area contributed by atoms with Crippen LogP contribution in [0, 0.1) is 6.92 Å². The Bertz CT molecular complexity index is 843. The molecule has 1 aliphatic heterocycles. The van der Waals surface area contributed by atoms with Crippen LogP contribution in [0.1, 0.15) is 48.0 Å². The maximum Gasteiger partial charge on any atom is 0.338 e. The van der Waals surface area contributed by atoms with Crippen molar-refractivity contribution in [3.05, 3.63) is 29.3 Å². The molecule has 2 fully saturated rings. The van der Waals surface area contributed by atoms with Crippen molar-refractivity contribution in [2.75, 3.05) is 32.9 Å². The van der Waals surface area contributed by atoms with Gasteiger partial charge in [0.05, 0.1) is 23.7 Å². The number of morpholine rings is 1. The molecule has 1 heterocycles. The van der Waals surface area contributed by atoms with Gasteiger partial charge in [-0.25, -0.2) is 17.9 Å². The van der Waals surface area contributed by atoms with E-state index in [1.54, 1.807) is 17.9 Å². The molecule has 0 bridgehead atoms. The fraction of sp³-hybridized carbons (Fsp3) is 0.600. The molecular formula is C20H28N2O6S. The van der Waals surface area contributed by atoms with Crippen LogP contribution in [-0.2, 0) is 24.3 Å². The summed E-state index contributed by atoms with van der Waals surface area (Å²) in [5, 5.41) is 0. The molecule has 0 radical (unpaired) electrons. The quantitative estimate of drug-likeness (QED) is 0.697. The van der Waals surface area contributed by atoms with Gasteiger partial charge in [-0.3, -0.25) is 4.79 Å². The van der Waals surface area contributed by atoms with Crippen molar-refractivity contribution in [1.82, 2.24) is 9.62 Å². The van der Waals surface area contributed by atoms with E-state index < -0.39 is 16.0 Å². The third-order valence-electron chi connectivity index (χ3n) is 5.36. The summed E-state index contributed by atoms with van der Waals surface area (Å²) in [6, 6.07) is 4.31. The Morgan fingerprint density at radius 3 is 2.55 bits per heavy atom. The zero-order valence-corrected chi connectivity index (χ0v) is 17.5. The van der Waals surface area contributed by atoms with Gasteiger partial charge < -0.3 is 14.4 Å². The predicted molar refractivity (Wildman–Crippen MR) is 106 cm³/mol. The number of ether oxygens (including phenoxy) is 2. The number of nitrogens with zero attached hydrogens (tertiary/aromatic N) is 1. The number of amides is 1. The van der Waals surface area contributed by atoms with Gasteiger partial charge in [0.15, 0.2) is 6.61 Å². The Balaban J connectivity index is 1.65. The molecule has 0 aromatic heterocycles. The van der Waals surface area contributed by atoms with E-state index in [1.165, 1.54) is 12.1 Å². The van der Waals surface area contributed by atoms with Gasteiger partial charge in [0.2, 0.25) is 10.0 Å². The van der Waals surface area contributed by atoms with E-state index in [2.05, 4.69) is 4.72 Å². The van der Waals surface area contributed by atoms with Gasteiger partial charge in [0, 0.05) is 19.1 Å². The van der Waals surface area contributed by atoms with Crippen molar-refractivity contribution in [1.29, 1.82) is 0 Å². The van der Waals surface area contributed by atoms with Crippen molar-refractivity contribution in [3.63, 3.8) is 0 Å². The second-order valence-electron chi connectivity index (χ2n) is 7.50. The zero-order valence-electron chi connectivity index (χ0n) is 16.7. The first-order chi connectivity index (χ1) is 13.9. The van der Waals surface area contributed by atoms with E-state index in [0.29, 0.717) is 31.9 Å². The average molecular weight is 425 g/mol. The summed E-state index contributed by atoms with van der Waals surface area (Å²) in [5.41, 5.74) is 0.733. The van der Waals surface area contributed by atoms with Crippen molar-refractivity contribution < 1.29 is 27.5 Å². The van der Waals surface area contributed by atoms with Crippen LogP contribution in [0.2, 0.25) is 0 Å². The second kappa shape index (κ2) is 9.69. The number of carbonyl (C=O) groups is 2. The van der Waals surface area contributed by atoms with Gasteiger partial charge in [-0.1, -0.05) is 25.3 Å². The lowest BCUT2D eigenvalue weighted by atomic mass is 9.96. The van der Waals surface area contributed by atoms with Gasteiger partial charge in [0.1, 0.15) is 0 Å². The Labute approximate surface area is 171 Å². The maximum atomic E-state index is 12.7. The molecule has 9 heteroatoms. The molecule has 0 unspecified atom stereocenters. The minimum Gasteiger partial charge on any atom is -0.452 e. The monoisotopic (exact) mass is 424 g/mol. The van der Waals surface area contributed by atoms with Crippen molar-refractivity contribution >= 4 is 21.9 Å². The predicted octanol–water partition coefficient (Wildman–Crippen LogP) is 1.62. The molecule has 0 atom stereocenters. The van der Waals surface area contributed by atoms with E-state index in [-0.39, 0.29) is 29.0 Å². The lowest BCUT2D eigenvalue weighted by molar-refractivity contribution is -0.138. The Morgan fingerprint density at radius 2 is 1.86 bits per heavy atom. The molecule has 1 aromatic rings. The number of nitrogens with one attached hydrogen (secondary N) is 1. The number of aryl methyl sites for hydroxylation is 1. The Morgan fingerprint density at radius 1 is 1.17 bits per heavy atom. The fourth-order valence-electron chi connectivity index (χ4n) is 3.61. The average Bonchev–Trinajstić information content (AvgIpc) is 2.73. The molecule has 160 valence electrons. The number of carbonyl (C=O) groups excluding carboxylic acids is 2. The molecule has 1 N–H and O–H groups in total. The topological polar surface area (TPSA) is 102 Å². The molecule has 29 heavy (non-hydrogen) atoms. The number of rotatable bonds is 6. The molecule has 1 aliphatic carbocycles. The van der Waals surface area contributed by atoms with E-state index in [4.69, 9.17) is 9.47 Å². The molecule has 0 spiro atoms. The minimum atomic E-state index is -3.73. The third-order valence-corrected chi connectivity index (χ3v) is 6.87. The van der Waals surface area contributed by atoms with Crippen LogP contribution in [-0.4, -0.2) is 64.1 Å². The maximum absolute atomic E-state index is 12.7. The van der Waals surface area contributed by atoms with Gasteiger partial charge in [-0.05, 0) is 37.5 Å². The summed E-state index contributed by atoms with van der Waals surface area (Å²) in [6.07, 6.45) is 4.79. The largest absolute Gasteiger partial charge is 0.452 e. The molecule has 1 saturated carbocycles. The summed E-state index contributed by atoms with van der Waals surface area (Å²) in [6.45, 7) is 3.19. The molecule has 2 aliphatic rings. The van der Waals surface area contributed by atoms with E-state index in [1.807, 2.05) is 0 Å². The Kier molecular flexibility index (Phi) is 7.26. The number of sulfonamides is 1. The van der Waals surface area contributed by atoms with Crippen LogP contribution in [0.3, 0.4) is 0 Å². The van der Waals surface area contributed by atoms with Gasteiger partial charge >= 0.3 is 5.97 Å². The summed E-state index contributed by atoms with van der Waals surface area (Å²) < 4.78 is 38.5. The van der Waals surface area contributed by atoms with Crippen LogP contribution in [0.4, 0.5) is 0 Å². The Hall–Kier alpha value is -1.97. The number of benzene rings is 1. The van der Waals surface area contributed by atoms with Crippen molar-refractivity contribution in [2.24, 2.45) is 0 Å². The summed E-state index contributed by atoms with van der Waals surface area (Å²) >= 11 is 0. The number of hydrogen-bond donors (Lipinski definition) is 1. The van der Waals surface area contributed by atoms with Crippen LogP contribution in [0.15, 0.2) is 23.1 Å². The highest BCUT2D eigenvalue weighted by Gasteiger charge is 2.24. The lowest BCUT2D eigenvalue weighted by Gasteiger charge is -2.26. The second-order valence-corrected chi connectivity index (χ2v) is 9.22. The highest BCUT2D eigenvalue weighted by atomic mass is 32.2. The SMILES string of the molecule is Cc1ccc(S(=O)(=O)NC2CCCCC2)cc1C(=O)OCC(=O)N1CCOCC1. The standard InChI is InChI=1S/C20H28N2O6S/c1-15-7-8-17(29(25,26)21-16-5-3-2-4-6-16)13-18(15)20(24)28-14-19(23)22-9-11-27-12-10-22/h7-8,13,16,21H,2-6,9-12,14H2,1H3. The fourth-order valence-corrected chi connectivity index (χ4v) is 4.94. The van der Waals surface area contributed by atoms with Crippen LogP contribution >= 0.6 is 0 Å². The molecule has 8 nitrogen and oxygen atoms in total. The first-order valence-electron chi connectivity index (χ1n) is 10.0. The summed E-state index contributed by atoms with van der Waals surface area (Å²) in [4.78, 5) is 26.3. The van der Waals surface area contributed by atoms with Gasteiger partial charge in [-0.2, -0.15) is 0 Å². The van der Waals surface area contributed by atoms with Crippen molar-refractivity contribution in [3.8, 4) is 0 Å². The summed E-state index contributed by atoms with van der Waals surface area (Å²) in [5.74, 6) is -0.999. The van der Waals surface area contributed by atoms with E-state index in [0.717, 1.165) is 32.1 Å². The normalized spacial score (nSPS) is 18.4. The van der Waals surface area contributed by atoms with Crippen molar-refractivity contribution in [2.45, 2.75) is 50.0 Å². The molecule has 1 saturated heterocycles. The van der Waals surface area contributed by atoms with Gasteiger partial charge in [-0.15, -0.1) is 0 Å². The number of hydrogen-bond acceptors (Lipinski definition) is 6. The minimum absolute atomic E-state index is 0.0279. The first-order valence-corrected chi connectivity index (χ1v) is 11.5. The highest BCUT2D eigenvalue weighted by Crippen LogP contribution is 2.21. The molecule has 1 aromatic carbocycles. The molecule has 1 amide bonds. The zero-order chi connectivity index (χ0) is 20.9. The van der Waals surface area contributed by atoms with Crippen LogP contribution in [0.5, 0.6) is 0 Å². The van der Waals surface area contributed by atoms with E-state index >= 15 is 0 Å². The lowest BCUT2D eigenvalue weighted by Crippen LogP contribution is -2.42. The summed E-state index contributed by atoms with van der Waals surface area (Å²) in [7, 11) is -3.73. The molecular weight excluding hydrogens is 396 g/mol. The highest BCUT2D eigenvalue weighted by molar-refractivity contribution is 7.89. The smallest absolute Gasteiger partial charge is 0.338 e. The third kappa shape index (κ3) is 5.77. The van der Waals surface area contributed by atoms with Gasteiger partial charge in [0.25, 0.3) is 5.91 Å². The van der Waals surface area contributed by atoms with E-state index in [9.17, 15) is 18.0 Å². The number of esters is 1.